The Morgan fingerprint density at radius 1 is 1.16 bits per heavy atom. The predicted molar refractivity (Wildman–Crippen MR) is 134 cm³/mol. The summed E-state index contributed by atoms with van der Waals surface area (Å²) >= 11 is 0. The monoisotopic (exact) mass is 532 g/mol. The second kappa shape index (κ2) is 10.4. The number of nitrogens with zero attached hydrogens (tertiary/aromatic N) is 3. The van der Waals surface area contributed by atoms with Gasteiger partial charge in [-0.05, 0) is 64.1 Å². The molecule has 1 amide bonds. The maximum Gasteiger partial charge on any atom is 0.434 e. The summed E-state index contributed by atoms with van der Waals surface area (Å²) in [6.07, 6.45) is -2.40. The average Bonchev–Trinajstić information content (AvgIpc) is 3.49. The number of hydrogen-bond acceptors (Lipinski definition) is 6. The molecule has 1 fully saturated rings. The first-order chi connectivity index (χ1) is 17.7. The molecule has 3 heterocycles. The molecule has 1 aliphatic rings. The van der Waals surface area contributed by atoms with Crippen molar-refractivity contribution in [1.29, 1.82) is 0 Å². The van der Waals surface area contributed by atoms with Crippen LogP contribution >= 0.6 is 0 Å². The molecule has 0 bridgehead atoms. The fraction of sp³-hybridized carbons (Fsp3) is 0.444. The van der Waals surface area contributed by atoms with Crippen LogP contribution in [0.2, 0.25) is 0 Å². The molecule has 0 saturated carbocycles. The van der Waals surface area contributed by atoms with E-state index in [1.165, 1.54) is 6.20 Å². The number of amides is 1. The number of ether oxygens (including phenoxy) is 3. The molecule has 38 heavy (non-hydrogen) atoms. The standard InChI is InChI=1S/C27H31F3N4O4/c1-25(2,24(35)34(5)14-20-15-37-26(3,4)38-20)16-36-19-9-6-17(7-10-19)21-11-8-18(12-31-21)23-32-13-22(33-23)27(28,29)30/h6-13,20H,14-16H2,1-5H3,(H,32,33). The molecule has 11 heteroatoms. The van der Waals surface area contributed by atoms with Crippen molar-refractivity contribution in [3.8, 4) is 28.4 Å². The lowest BCUT2D eigenvalue weighted by Crippen LogP contribution is -2.45. The summed E-state index contributed by atoms with van der Waals surface area (Å²) in [5.74, 6) is -0.0169. The molecule has 3 aromatic rings. The minimum Gasteiger partial charge on any atom is -0.492 e. The van der Waals surface area contributed by atoms with Crippen molar-refractivity contribution in [2.45, 2.75) is 45.8 Å². The van der Waals surface area contributed by atoms with E-state index in [0.717, 1.165) is 11.8 Å². The third-order valence-electron chi connectivity index (χ3n) is 6.13. The van der Waals surface area contributed by atoms with Crippen molar-refractivity contribution in [3.05, 3.63) is 54.5 Å². The highest BCUT2D eigenvalue weighted by Crippen LogP contribution is 2.30. The van der Waals surface area contributed by atoms with Gasteiger partial charge in [0.25, 0.3) is 0 Å². The van der Waals surface area contributed by atoms with E-state index in [-0.39, 0.29) is 24.4 Å². The highest BCUT2D eigenvalue weighted by atomic mass is 19.4. The van der Waals surface area contributed by atoms with Crippen LogP contribution < -0.4 is 4.74 Å². The van der Waals surface area contributed by atoms with Crippen molar-refractivity contribution in [2.75, 3.05) is 26.8 Å². The Balaban J connectivity index is 1.33. The van der Waals surface area contributed by atoms with Crippen molar-refractivity contribution in [2.24, 2.45) is 5.41 Å². The lowest BCUT2D eigenvalue weighted by molar-refractivity contribution is -0.150. The summed E-state index contributed by atoms with van der Waals surface area (Å²) in [7, 11) is 1.74. The summed E-state index contributed by atoms with van der Waals surface area (Å²) < 4.78 is 55.7. The van der Waals surface area contributed by atoms with Gasteiger partial charge in [0, 0.05) is 37.1 Å². The maximum absolute atomic E-state index is 13.0. The molecule has 204 valence electrons. The molecule has 0 aliphatic carbocycles. The molecule has 1 N–H and O–H groups in total. The number of nitrogens with one attached hydrogen (secondary N) is 1. The third kappa shape index (κ3) is 6.51. The van der Waals surface area contributed by atoms with Crippen molar-refractivity contribution in [3.63, 3.8) is 0 Å². The van der Waals surface area contributed by atoms with Gasteiger partial charge in [0.1, 0.15) is 24.3 Å². The number of pyridine rings is 1. The molecule has 0 spiro atoms. The first-order valence-corrected chi connectivity index (χ1v) is 12.1. The Bertz CT molecular complexity index is 1250. The van der Waals surface area contributed by atoms with Crippen LogP contribution in [-0.2, 0) is 20.4 Å². The predicted octanol–water partition coefficient (Wildman–Crippen LogP) is 5.17. The van der Waals surface area contributed by atoms with E-state index in [1.54, 1.807) is 36.2 Å². The molecular weight excluding hydrogens is 501 g/mol. The Labute approximate surface area is 219 Å². The highest BCUT2D eigenvalue weighted by Gasteiger charge is 2.37. The van der Waals surface area contributed by atoms with Crippen molar-refractivity contribution >= 4 is 5.91 Å². The molecule has 1 saturated heterocycles. The molecule has 1 aliphatic heterocycles. The summed E-state index contributed by atoms with van der Waals surface area (Å²) in [5, 5.41) is 0. The van der Waals surface area contributed by atoms with Crippen LogP contribution in [-0.4, -0.2) is 64.5 Å². The second-order valence-electron chi connectivity index (χ2n) is 10.4. The Kier molecular flexibility index (Phi) is 7.53. The van der Waals surface area contributed by atoms with E-state index in [0.29, 0.717) is 30.2 Å². The Morgan fingerprint density at radius 3 is 2.39 bits per heavy atom. The number of carbonyl (C=O) groups is 1. The number of hydrogen-bond donors (Lipinski definition) is 1. The second-order valence-corrected chi connectivity index (χ2v) is 10.4. The van der Waals surface area contributed by atoms with Gasteiger partial charge in [-0.25, -0.2) is 4.98 Å². The first kappa shape index (κ1) is 27.6. The van der Waals surface area contributed by atoms with Crippen LogP contribution in [0.15, 0.2) is 48.8 Å². The number of likely N-dealkylation sites (N-methyl/N-ethyl adjacent to an activating group) is 1. The molecule has 1 unspecified atom stereocenters. The number of H-pyrrole nitrogens is 1. The molecule has 2 aromatic heterocycles. The van der Waals surface area contributed by atoms with Gasteiger partial charge < -0.3 is 24.1 Å². The number of alkyl halides is 3. The third-order valence-corrected chi connectivity index (χ3v) is 6.13. The fourth-order valence-electron chi connectivity index (χ4n) is 4.13. The molecule has 1 atom stereocenters. The molecule has 1 aromatic carbocycles. The maximum atomic E-state index is 13.0. The minimum atomic E-state index is -4.51. The average molecular weight is 533 g/mol. The van der Waals surface area contributed by atoms with Gasteiger partial charge in [0.2, 0.25) is 5.91 Å². The van der Waals surface area contributed by atoms with Crippen LogP contribution in [0.1, 0.15) is 33.4 Å². The van der Waals surface area contributed by atoms with Crippen LogP contribution in [0, 0.1) is 5.41 Å². The fourth-order valence-corrected chi connectivity index (χ4v) is 4.13. The molecule has 0 radical (unpaired) electrons. The summed E-state index contributed by atoms with van der Waals surface area (Å²) in [4.78, 5) is 25.1. The van der Waals surface area contributed by atoms with Gasteiger partial charge in [0.05, 0.1) is 17.7 Å². The summed E-state index contributed by atoms with van der Waals surface area (Å²) in [6, 6.07) is 10.6. The van der Waals surface area contributed by atoms with Crippen LogP contribution in [0.4, 0.5) is 13.2 Å². The molecule has 4 rings (SSSR count). The summed E-state index contributed by atoms with van der Waals surface area (Å²) in [5.41, 5.74) is 0.136. The van der Waals surface area contributed by atoms with Crippen LogP contribution in [0.3, 0.4) is 0 Å². The van der Waals surface area contributed by atoms with E-state index in [9.17, 15) is 18.0 Å². The van der Waals surface area contributed by atoms with E-state index in [2.05, 4.69) is 15.0 Å². The number of imidazole rings is 1. The zero-order valence-electron chi connectivity index (χ0n) is 21.9. The largest absolute Gasteiger partial charge is 0.492 e. The zero-order chi connectivity index (χ0) is 27.7. The topological polar surface area (TPSA) is 89.6 Å². The van der Waals surface area contributed by atoms with Crippen LogP contribution in [0.5, 0.6) is 5.75 Å². The molecule has 8 nitrogen and oxygen atoms in total. The van der Waals surface area contributed by atoms with Crippen molar-refractivity contribution in [1.82, 2.24) is 19.9 Å². The summed E-state index contributed by atoms with van der Waals surface area (Å²) in [6.45, 7) is 8.40. The SMILES string of the molecule is CN(CC1COC(C)(C)O1)C(=O)C(C)(C)COc1ccc(-c2ccc(-c3nc(C(F)(F)F)c[nH]3)cn2)cc1. The normalized spacial score (nSPS) is 17.4. The van der Waals surface area contributed by atoms with Gasteiger partial charge in [-0.15, -0.1) is 0 Å². The van der Waals surface area contributed by atoms with Gasteiger partial charge >= 0.3 is 6.18 Å². The minimum absolute atomic E-state index is 0.0642. The number of halogens is 3. The first-order valence-electron chi connectivity index (χ1n) is 12.1. The van der Waals surface area contributed by atoms with E-state index >= 15 is 0 Å². The number of aromatic amines is 1. The number of benzene rings is 1. The van der Waals surface area contributed by atoms with E-state index in [1.807, 2.05) is 39.8 Å². The lowest BCUT2D eigenvalue weighted by atomic mass is 9.92. The van der Waals surface area contributed by atoms with Gasteiger partial charge in [0.15, 0.2) is 11.5 Å². The van der Waals surface area contributed by atoms with Gasteiger partial charge in [-0.2, -0.15) is 13.2 Å². The van der Waals surface area contributed by atoms with Crippen molar-refractivity contribution < 1.29 is 32.2 Å². The smallest absolute Gasteiger partial charge is 0.434 e. The zero-order valence-corrected chi connectivity index (χ0v) is 21.9. The van der Waals surface area contributed by atoms with E-state index < -0.39 is 23.1 Å². The van der Waals surface area contributed by atoms with Crippen LogP contribution in [0.25, 0.3) is 22.6 Å². The molecular formula is C27H31F3N4O4. The number of aromatic nitrogens is 3. The lowest BCUT2D eigenvalue weighted by Gasteiger charge is -2.30. The number of carbonyl (C=O) groups excluding carboxylic acids is 1. The Hall–Kier alpha value is -3.44. The van der Waals surface area contributed by atoms with Gasteiger partial charge in [-0.3, -0.25) is 9.78 Å². The van der Waals surface area contributed by atoms with Gasteiger partial charge in [-0.1, -0.05) is 0 Å². The number of rotatable bonds is 8. The van der Waals surface area contributed by atoms with E-state index in [4.69, 9.17) is 14.2 Å². The quantitative estimate of drug-likeness (QED) is 0.431. The Morgan fingerprint density at radius 2 is 1.84 bits per heavy atom. The highest BCUT2D eigenvalue weighted by molar-refractivity contribution is 5.82.